The second kappa shape index (κ2) is 4.77. The van der Waals surface area contributed by atoms with Crippen molar-refractivity contribution in [3.8, 4) is 11.5 Å². The van der Waals surface area contributed by atoms with Crippen molar-refractivity contribution in [1.29, 1.82) is 0 Å². The second-order valence-electron chi connectivity index (χ2n) is 3.61. The van der Waals surface area contributed by atoms with Crippen molar-refractivity contribution in [2.45, 2.75) is 13.5 Å². The Balaban J connectivity index is 2.28. The molecule has 1 heterocycles. The summed E-state index contributed by atoms with van der Waals surface area (Å²) in [6.07, 6.45) is 3.39. The van der Waals surface area contributed by atoms with Crippen molar-refractivity contribution >= 4 is 0 Å². The van der Waals surface area contributed by atoms with Gasteiger partial charge in [0.05, 0.1) is 6.20 Å². The van der Waals surface area contributed by atoms with Gasteiger partial charge < -0.3 is 10.5 Å². The fraction of sp³-hybridized carbons (Fsp3) is 0.154. The molecular weight excluding hydrogens is 200 g/mol. The molecule has 1 aromatic carbocycles. The van der Waals surface area contributed by atoms with Crippen LogP contribution in [-0.2, 0) is 6.54 Å². The maximum absolute atomic E-state index is 5.71. The number of ether oxygens (including phenoxy) is 1. The fourth-order valence-electron chi connectivity index (χ4n) is 1.50. The van der Waals surface area contributed by atoms with Crippen LogP contribution in [0.4, 0.5) is 0 Å². The molecule has 0 saturated heterocycles. The number of nitrogens with zero attached hydrogens (tertiary/aromatic N) is 1. The van der Waals surface area contributed by atoms with Crippen molar-refractivity contribution in [3.05, 3.63) is 53.9 Å². The first-order valence-electron chi connectivity index (χ1n) is 5.17. The highest BCUT2D eigenvalue weighted by Crippen LogP contribution is 2.25. The van der Waals surface area contributed by atoms with Crippen LogP contribution in [0.1, 0.15) is 11.1 Å². The number of nitrogens with two attached hydrogens (primary N) is 1. The second-order valence-corrected chi connectivity index (χ2v) is 3.61. The van der Waals surface area contributed by atoms with E-state index in [1.165, 1.54) is 5.56 Å². The van der Waals surface area contributed by atoms with Crippen LogP contribution in [0.5, 0.6) is 11.5 Å². The molecule has 1 aromatic heterocycles. The molecule has 2 N–H and O–H groups in total. The predicted octanol–water partition coefficient (Wildman–Crippen LogP) is 2.64. The van der Waals surface area contributed by atoms with Crippen LogP contribution in [0.3, 0.4) is 0 Å². The molecular formula is C13H14N2O. The van der Waals surface area contributed by atoms with Gasteiger partial charge in [-0.15, -0.1) is 0 Å². The largest absolute Gasteiger partial charge is 0.455 e. The van der Waals surface area contributed by atoms with E-state index in [4.69, 9.17) is 10.5 Å². The Morgan fingerprint density at radius 1 is 1.31 bits per heavy atom. The number of benzene rings is 1. The average Bonchev–Trinajstić information content (AvgIpc) is 2.33. The summed E-state index contributed by atoms with van der Waals surface area (Å²) in [6.45, 7) is 2.50. The van der Waals surface area contributed by atoms with Crippen molar-refractivity contribution < 1.29 is 4.74 Å². The van der Waals surface area contributed by atoms with Crippen LogP contribution in [0.2, 0.25) is 0 Å². The molecule has 0 bridgehead atoms. The molecule has 16 heavy (non-hydrogen) atoms. The SMILES string of the molecule is Cc1ccc(Oc2cccnc2)c(CN)c1. The van der Waals surface area contributed by atoms with Crippen LogP contribution in [0.15, 0.2) is 42.7 Å². The summed E-state index contributed by atoms with van der Waals surface area (Å²) >= 11 is 0. The Hall–Kier alpha value is -1.87. The van der Waals surface area contributed by atoms with Gasteiger partial charge in [0, 0.05) is 18.3 Å². The van der Waals surface area contributed by atoms with Gasteiger partial charge in [0.25, 0.3) is 0 Å². The van der Waals surface area contributed by atoms with Gasteiger partial charge in [-0.2, -0.15) is 0 Å². The van der Waals surface area contributed by atoms with Crippen LogP contribution < -0.4 is 10.5 Å². The van der Waals surface area contributed by atoms with Crippen molar-refractivity contribution in [3.63, 3.8) is 0 Å². The Bertz CT molecular complexity index is 469. The predicted molar refractivity (Wildman–Crippen MR) is 63.4 cm³/mol. The topological polar surface area (TPSA) is 48.1 Å². The monoisotopic (exact) mass is 214 g/mol. The van der Waals surface area contributed by atoms with E-state index in [0.29, 0.717) is 6.54 Å². The minimum Gasteiger partial charge on any atom is -0.455 e. The van der Waals surface area contributed by atoms with E-state index < -0.39 is 0 Å². The van der Waals surface area contributed by atoms with Gasteiger partial charge in [-0.25, -0.2) is 0 Å². The van der Waals surface area contributed by atoms with Crippen molar-refractivity contribution in [2.75, 3.05) is 0 Å². The van der Waals surface area contributed by atoms with E-state index in [0.717, 1.165) is 17.1 Å². The number of aryl methyl sites for hydroxylation is 1. The molecule has 0 unspecified atom stereocenters. The maximum atomic E-state index is 5.71. The van der Waals surface area contributed by atoms with Gasteiger partial charge in [0.2, 0.25) is 0 Å². The molecule has 0 amide bonds. The summed E-state index contributed by atoms with van der Waals surface area (Å²) in [5.41, 5.74) is 7.86. The van der Waals surface area contributed by atoms with Crippen LogP contribution in [-0.4, -0.2) is 4.98 Å². The molecule has 0 spiro atoms. The smallest absolute Gasteiger partial charge is 0.145 e. The molecule has 0 aliphatic carbocycles. The summed E-state index contributed by atoms with van der Waals surface area (Å²) in [7, 11) is 0. The molecule has 82 valence electrons. The molecule has 0 saturated carbocycles. The molecule has 0 atom stereocenters. The van der Waals surface area contributed by atoms with Gasteiger partial charge in [-0.1, -0.05) is 17.7 Å². The van der Waals surface area contributed by atoms with Crippen molar-refractivity contribution in [1.82, 2.24) is 4.98 Å². The average molecular weight is 214 g/mol. The minimum atomic E-state index is 0.470. The number of hydrogen-bond donors (Lipinski definition) is 1. The summed E-state index contributed by atoms with van der Waals surface area (Å²) in [6, 6.07) is 9.68. The third kappa shape index (κ3) is 2.38. The molecule has 0 aliphatic rings. The third-order valence-corrected chi connectivity index (χ3v) is 2.30. The molecule has 0 radical (unpaired) electrons. The van der Waals surface area contributed by atoms with Gasteiger partial charge in [-0.3, -0.25) is 4.98 Å². The zero-order chi connectivity index (χ0) is 11.4. The highest BCUT2D eigenvalue weighted by atomic mass is 16.5. The zero-order valence-corrected chi connectivity index (χ0v) is 9.18. The van der Waals surface area contributed by atoms with Crippen molar-refractivity contribution in [2.24, 2.45) is 5.73 Å². The van der Waals surface area contributed by atoms with Gasteiger partial charge >= 0.3 is 0 Å². The molecule has 0 aliphatic heterocycles. The van der Waals surface area contributed by atoms with E-state index in [-0.39, 0.29) is 0 Å². The summed E-state index contributed by atoms with van der Waals surface area (Å²) < 4.78 is 5.71. The fourth-order valence-corrected chi connectivity index (χ4v) is 1.50. The van der Waals surface area contributed by atoms with E-state index in [1.807, 2.05) is 37.3 Å². The number of hydrogen-bond acceptors (Lipinski definition) is 3. The summed E-state index contributed by atoms with van der Waals surface area (Å²) in [4.78, 5) is 4.00. The lowest BCUT2D eigenvalue weighted by molar-refractivity contribution is 0.474. The Morgan fingerprint density at radius 2 is 2.19 bits per heavy atom. The molecule has 2 aromatic rings. The number of pyridine rings is 1. The highest BCUT2D eigenvalue weighted by Gasteiger charge is 2.03. The molecule has 2 rings (SSSR count). The van der Waals surface area contributed by atoms with E-state index in [9.17, 15) is 0 Å². The number of aromatic nitrogens is 1. The first-order chi connectivity index (χ1) is 7.79. The Morgan fingerprint density at radius 3 is 2.88 bits per heavy atom. The standard InChI is InChI=1S/C13H14N2O/c1-10-4-5-13(11(7-10)8-14)16-12-3-2-6-15-9-12/h2-7,9H,8,14H2,1H3. The van der Waals surface area contributed by atoms with Crippen LogP contribution >= 0.6 is 0 Å². The van der Waals surface area contributed by atoms with Crippen LogP contribution in [0.25, 0.3) is 0 Å². The molecule has 3 nitrogen and oxygen atoms in total. The normalized spacial score (nSPS) is 10.1. The van der Waals surface area contributed by atoms with Gasteiger partial charge in [0.1, 0.15) is 11.5 Å². The molecule has 3 heteroatoms. The van der Waals surface area contributed by atoms with E-state index in [1.54, 1.807) is 12.4 Å². The first kappa shape index (κ1) is 10.6. The Labute approximate surface area is 94.9 Å². The lowest BCUT2D eigenvalue weighted by Gasteiger charge is -2.10. The molecule has 0 fully saturated rings. The Kier molecular flexibility index (Phi) is 3.17. The first-order valence-corrected chi connectivity index (χ1v) is 5.17. The lowest BCUT2D eigenvalue weighted by atomic mass is 10.1. The minimum absolute atomic E-state index is 0.470. The number of rotatable bonds is 3. The van der Waals surface area contributed by atoms with E-state index in [2.05, 4.69) is 4.98 Å². The summed E-state index contributed by atoms with van der Waals surface area (Å²) in [5.74, 6) is 1.52. The third-order valence-electron chi connectivity index (χ3n) is 2.30. The lowest BCUT2D eigenvalue weighted by Crippen LogP contribution is -2.00. The van der Waals surface area contributed by atoms with Gasteiger partial charge in [-0.05, 0) is 25.1 Å². The quantitative estimate of drug-likeness (QED) is 0.854. The van der Waals surface area contributed by atoms with E-state index >= 15 is 0 Å². The summed E-state index contributed by atoms with van der Waals surface area (Å²) in [5, 5.41) is 0. The zero-order valence-electron chi connectivity index (χ0n) is 9.18. The maximum Gasteiger partial charge on any atom is 0.145 e. The highest BCUT2D eigenvalue weighted by molar-refractivity contribution is 5.39. The van der Waals surface area contributed by atoms with Gasteiger partial charge in [0.15, 0.2) is 0 Å². The van der Waals surface area contributed by atoms with Crippen LogP contribution in [0, 0.1) is 6.92 Å².